The standard InChI is InChI=1S/C58H65BN2/c1-35-26-51-53-52(27-35)61(49-32-43-41(28-37(49)3)55(7,8)24-25-56(43,9)10)50-33-44-42(57(11,12)34-58(44,13)14)31-46(50)59(53)45-29-39(38-18-16-15-17-19-38)21-23-47(45)60(51)48-30-40(54(4,5)6)22-20-36(48)2/h15-23,26-33H,24-25,34H2,1-14H3/i1D3. The normalized spacial score (nSPS) is 19.5. The summed E-state index contributed by atoms with van der Waals surface area (Å²) in [5, 5.41) is 0. The van der Waals surface area contributed by atoms with Crippen molar-refractivity contribution in [1.29, 1.82) is 0 Å². The second-order valence-corrected chi connectivity index (χ2v) is 22.8. The highest BCUT2D eigenvalue weighted by Gasteiger charge is 2.49. The molecule has 61 heavy (non-hydrogen) atoms. The Morgan fingerprint density at radius 1 is 0.508 bits per heavy atom. The summed E-state index contributed by atoms with van der Waals surface area (Å²) in [6, 6.07) is 38.7. The molecule has 0 amide bonds. The first kappa shape index (κ1) is 36.6. The highest BCUT2D eigenvalue weighted by Crippen LogP contribution is 2.55. The molecule has 10 rings (SSSR count). The fourth-order valence-electron chi connectivity index (χ4n) is 12.1. The maximum atomic E-state index is 9.10. The molecule has 0 saturated carbocycles. The average Bonchev–Trinajstić information content (AvgIpc) is 3.40. The van der Waals surface area contributed by atoms with Gasteiger partial charge in [0, 0.05) is 38.2 Å². The van der Waals surface area contributed by atoms with Gasteiger partial charge in [-0.05, 0) is 175 Å². The molecular weight excluding hydrogens is 735 g/mol. The van der Waals surface area contributed by atoms with Gasteiger partial charge in [0.05, 0.1) is 0 Å². The van der Waals surface area contributed by atoms with E-state index in [1.165, 1.54) is 55.4 Å². The SMILES string of the molecule is [2H]C([2H])([2H])c1cc2c3c(c1)N(c1cc4c(cc1C)C(C)(C)CCC4(C)C)c1cc4c(cc1B3c1cc(-c3ccccc3)ccc1N2c1cc(C(C)(C)C)ccc1C)C(C)(C)CC4(C)C. The summed E-state index contributed by atoms with van der Waals surface area (Å²) in [5.74, 6) is 0. The van der Waals surface area contributed by atoms with E-state index >= 15 is 0 Å². The molecule has 3 heteroatoms. The smallest absolute Gasteiger partial charge is 0.252 e. The van der Waals surface area contributed by atoms with E-state index in [1.807, 2.05) is 12.1 Å². The Morgan fingerprint density at radius 3 is 1.70 bits per heavy atom. The quantitative estimate of drug-likeness (QED) is 0.164. The first-order valence-electron chi connectivity index (χ1n) is 24.2. The van der Waals surface area contributed by atoms with Crippen molar-refractivity contribution in [2.24, 2.45) is 0 Å². The fraction of sp³-hybridized carbons (Fsp3) is 0.379. The van der Waals surface area contributed by atoms with Crippen molar-refractivity contribution in [1.82, 2.24) is 0 Å². The van der Waals surface area contributed by atoms with Crippen LogP contribution in [0.25, 0.3) is 11.1 Å². The van der Waals surface area contributed by atoms with Crippen LogP contribution < -0.4 is 26.2 Å². The van der Waals surface area contributed by atoms with E-state index in [9.17, 15) is 0 Å². The lowest BCUT2D eigenvalue weighted by Crippen LogP contribution is -2.61. The Bertz CT molecular complexity index is 2930. The summed E-state index contributed by atoms with van der Waals surface area (Å²) in [6.45, 7) is 28.0. The van der Waals surface area contributed by atoms with Gasteiger partial charge in [0.25, 0.3) is 6.71 Å². The Kier molecular flexibility index (Phi) is 7.81. The van der Waals surface area contributed by atoms with Gasteiger partial charge >= 0.3 is 0 Å². The van der Waals surface area contributed by atoms with Gasteiger partial charge in [0.1, 0.15) is 0 Å². The van der Waals surface area contributed by atoms with Crippen LogP contribution in [0, 0.1) is 20.7 Å². The minimum Gasteiger partial charge on any atom is -0.311 e. The summed E-state index contributed by atoms with van der Waals surface area (Å²) in [7, 11) is 0. The lowest BCUT2D eigenvalue weighted by atomic mass is 9.33. The Balaban J connectivity index is 1.38. The molecule has 0 saturated heterocycles. The maximum Gasteiger partial charge on any atom is 0.252 e. The molecule has 0 N–H and O–H groups in total. The molecule has 2 nitrogen and oxygen atoms in total. The van der Waals surface area contributed by atoms with Gasteiger partial charge in [0.2, 0.25) is 0 Å². The van der Waals surface area contributed by atoms with Crippen molar-refractivity contribution in [3.63, 3.8) is 0 Å². The van der Waals surface area contributed by atoms with Crippen molar-refractivity contribution >= 4 is 57.2 Å². The number of aryl methyl sites for hydroxylation is 3. The molecule has 4 aliphatic rings. The number of fused-ring (bicyclic) bond motifs is 6. The van der Waals surface area contributed by atoms with Crippen LogP contribution in [-0.2, 0) is 27.1 Å². The fourth-order valence-corrected chi connectivity index (χ4v) is 12.1. The van der Waals surface area contributed by atoms with Gasteiger partial charge in [-0.15, -0.1) is 0 Å². The predicted octanol–water partition coefficient (Wildman–Crippen LogP) is 14.0. The average molecular weight is 804 g/mol. The van der Waals surface area contributed by atoms with Crippen molar-refractivity contribution in [2.45, 2.75) is 143 Å². The van der Waals surface area contributed by atoms with E-state index < -0.39 is 6.85 Å². The summed E-state index contributed by atoms with van der Waals surface area (Å²) in [6.07, 6.45) is 3.30. The van der Waals surface area contributed by atoms with Crippen LogP contribution in [0.1, 0.15) is 144 Å². The number of benzene rings is 6. The molecule has 0 bridgehead atoms. The number of hydrogen-bond donors (Lipinski definition) is 0. The van der Waals surface area contributed by atoms with E-state index in [-0.39, 0.29) is 33.8 Å². The van der Waals surface area contributed by atoms with E-state index in [0.717, 1.165) is 64.4 Å². The Hall–Kier alpha value is -5.02. The van der Waals surface area contributed by atoms with Crippen LogP contribution in [0.4, 0.5) is 34.1 Å². The summed E-state index contributed by atoms with van der Waals surface area (Å²) in [5.41, 5.74) is 21.8. The van der Waals surface area contributed by atoms with Gasteiger partial charge in [-0.25, -0.2) is 0 Å². The van der Waals surface area contributed by atoms with Crippen LogP contribution >= 0.6 is 0 Å². The Morgan fingerprint density at radius 2 is 1.07 bits per heavy atom. The van der Waals surface area contributed by atoms with Gasteiger partial charge < -0.3 is 9.80 Å². The summed E-state index contributed by atoms with van der Waals surface area (Å²) in [4.78, 5) is 4.91. The van der Waals surface area contributed by atoms with Crippen LogP contribution in [0.3, 0.4) is 0 Å². The van der Waals surface area contributed by atoms with E-state index in [0.29, 0.717) is 5.56 Å². The topological polar surface area (TPSA) is 6.48 Å². The molecule has 0 atom stereocenters. The third kappa shape index (κ3) is 6.03. The first-order chi connectivity index (χ1) is 29.8. The molecule has 6 aromatic rings. The number of hydrogen-bond acceptors (Lipinski definition) is 2. The van der Waals surface area contributed by atoms with Gasteiger partial charge in [-0.3, -0.25) is 0 Å². The zero-order valence-electron chi connectivity index (χ0n) is 41.9. The molecule has 0 unspecified atom stereocenters. The third-order valence-electron chi connectivity index (χ3n) is 15.4. The molecule has 0 aromatic heterocycles. The first-order valence-corrected chi connectivity index (χ1v) is 22.7. The van der Waals surface area contributed by atoms with Crippen molar-refractivity contribution in [2.75, 3.05) is 9.80 Å². The highest BCUT2D eigenvalue weighted by atomic mass is 15.2. The molecule has 6 aromatic carbocycles. The lowest BCUT2D eigenvalue weighted by Gasteiger charge is -2.47. The van der Waals surface area contributed by atoms with Crippen molar-refractivity contribution in [3.8, 4) is 11.1 Å². The number of rotatable bonds is 3. The minimum atomic E-state index is -2.35. The molecular formula is C58H65BN2. The molecule has 2 heterocycles. The van der Waals surface area contributed by atoms with Crippen LogP contribution in [0.15, 0.2) is 103 Å². The van der Waals surface area contributed by atoms with Crippen LogP contribution in [0.5, 0.6) is 0 Å². The summed E-state index contributed by atoms with van der Waals surface area (Å²) >= 11 is 0. The van der Waals surface area contributed by atoms with E-state index in [2.05, 4.69) is 191 Å². The molecule has 0 radical (unpaired) electrons. The lowest BCUT2D eigenvalue weighted by molar-refractivity contribution is 0.332. The van der Waals surface area contributed by atoms with Crippen molar-refractivity contribution < 1.29 is 4.11 Å². The van der Waals surface area contributed by atoms with Crippen LogP contribution in [0.2, 0.25) is 0 Å². The molecule has 0 fully saturated rings. The highest BCUT2D eigenvalue weighted by molar-refractivity contribution is 7.00. The maximum absolute atomic E-state index is 9.10. The second kappa shape index (κ2) is 13.0. The molecule has 0 spiro atoms. The Labute approximate surface area is 371 Å². The monoisotopic (exact) mass is 804 g/mol. The molecule has 2 aliphatic heterocycles. The predicted molar refractivity (Wildman–Crippen MR) is 265 cm³/mol. The van der Waals surface area contributed by atoms with Crippen molar-refractivity contribution in [3.05, 3.63) is 148 Å². The van der Waals surface area contributed by atoms with Crippen LogP contribution in [-0.4, -0.2) is 6.71 Å². The van der Waals surface area contributed by atoms with Gasteiger partial charge in [-0.1, -0.05) is 143 Å². The van der Waals surface area contributed by atoms with E-state index in [1.54, 1.807) is 0 Å². The number of nitrogens with zero attached hydrogens (tertiary/aromatic N) is 2. The number of anilines is 6. The second-order valence-electron chi connectivity index (χ2n) is 22.8. The largest absolute Gasteiger partial charge is 0.311 e. The molecule has 310 valence electrons. The minimum absolute atomic E-state index is 0.0163. The summed E-state index contributed by atoms with van der Waals surface area (Å²) < 4.78 is 27.3. The zero-order valence-corrected chi connectivity index (χ0v) is 38.9. The third-order valence-corrected chi connectivity index (χ3v) is 15.4. The zero-order chi connectivity index (χ0) is 45.8. The van der Waals surface area contributed by atoms with Gasteiger partial charge in [0.15, 0.2) is 0 Å². The van der Waals surface area contributed by atoms with Gasteiger partial charge in [-0.2, -0.15) is 0 Å². The molecule has 2 aliphatic carbocycles. The van der Waals surface area contributed by atoms with E-state index in [4.69, 9.17) is 4.11 Å².